The molecule has 7 nitrogen and oxygen atoms in total. The van der Waals surface area contributed by atoms with E-state index in [1.54, 1.807) is 7.11 Å². The second-order valence-corrected chi connectivity index (χ2v) is 26.8. The van der Waals surface area contributed by atoms with Gasteiger partial charge in [-0.15, -0.1) is 0 Å². The average molecular weight is 647 g/mol. The number of rotatable bonds is 15. The number of ether oxygens (including phenoxy) is 4. The van der Waals surface area contributed by atoms with Gasteiger partial charge in [-0.3, -0.25) is 0 Å². The van der Waals surface area contributed by atoms with Crippen molar-refractivity contribution in [3.63, 3.8) is 0 Å². The van der Waals surface area contributed by atoms with Crippen molar-refractivity contribution in [3.05, 3.63) is 0 Å². The lowest BCUT2D eigenvalue weighted by Crippen LogP contribution is -2.53. The van der Waals surface area contributed by atoms with E-state index in [4.69, 9.17) is 27.8 Å². The van der Waals surface area contributed by atoms with Crippen LogP contribution in [0.3, 0.4) is 0 Å². The molecule has 0 spiro atoms. The van der Waals surface area contributed by atoms with Gasteiger partial charge < -0.3 is 32.9 Å². The second kappa shape index (κ2) is 14.5. The van der Waals surface area contributed by atoms with E-state index < -0.39 is 16.6 Å². The first-order chi connectivity index (χ1) is 19.4. The maximum Gasteiger partial charge on any atom is 0.192 e. The van der Waals surface area contributed by atoms with Gasteiger partial charge in [0.05, 0.1) is 41.7 Å². The molecule has 2 fully saturated rings. The van der Waals surface area contributed by atoms with E-state index >= 15 is 0 Å². The molecule has 2 aliphatic heterocycles. The molecule has 1 N–H and O–H groups in total. The summed E-state index contributed by atoms with van der Waals surface area (Å²) >= 11 is 0. The monoisotopic (exact) mass is 646 g/mol. The molecule has 2 heterocycles. The number of aliphatic hydroxyl groups is 1. The highest BCUT2D eigenvalue weighted by atomic mass is 28.4. The Balaban J connectivity index is 2.30. The summed E-state index contributed by atoms with van der Waals surface area (Å²) in [6.07, 6.45) is 4.57. The zero-order valence-electron chi connectivity index (χ0n) is 30.9. The van der Waals surface area contributed by atoms with Crippen molar-refractivity contribution in [1.82, 2.24) is 0 Å². The van der Waals surface area contributed by atoms with Gasteiger partial charge in [-0.05, 0) is 89.1 Å². The molecule has 9 atom stereocenters. The molecule has 0 aromatic carbocycles. The minimum atomic E-state index is -2.10. The average Bonchev–Trinajstić information content (AvgIpc) is 3.47. The van der Waals surface area contributed by atoms with E-state index in [-0.39, 0.29) is 77.0 Å². The first-order valence-electron chi connectivity index (χ1n) is 16.9. The van der Waals surface area contributed by atoms with Gasteiger partial charge in [0, 0.05) is 25.6 Å². The Morgan fingerprint density at radius 2 is 1.42 bits per heavy atom. The molecular formula is C34H70O7Si2. The highest BCUT2D eigenvalue weighted by molar-refractivity contribution is 6.74. The predicted octanol–water partition coefficient (Wildman–Crippen LogP) is 8.31. The van der Waals surface area contributed by atoms with Gasteiger partial charge in [-0.25, -0.2) is 0 Å². The van der Waals surface area contributed by atoms with Crippen LogP contribution < -0.4 is 0 Å². The summed E-state index contributed by atoms with van der Waals surface area (Å²) in [4.78, 5) is 0. The fourth-order valence-electron chi connectivity index (χ4n) is 6.04. The van der Waals surface area contributed by atoms with Crippen molar-refractivity contribution in [3.8, 4) is 0 Å². The minimum Gasteiger partial charge on any atom is -0.413 e. The van der Waals surface area contributed by atoms with Gasteiger partial charge in [-0.2, -0.15) is 0 Å². The van der Waals surface area contributed by atoms with Crippen LogP contribution in [0, 0.1) is 11.8 Å². The molecule has 2 aliphatic rings. The summed E-state index contributed by atoms with van der Waals surface area (Å²) in [5.74, 6) is 0.113. The van der Waals surface area contributed by atoms with Crippen LogP contribution in [-0.4, -0.2) is 84.0 Å². The van der Waals surface area contributed by atoms with Crippen molar-refractivity contribution in [2.24, 2.45) is 11.8 Å². The molecule has 0 amide bonds. The number of methoxy groups -OCH3 is 1. The lowest BCUT2D eigenvalue weighted by Gasteiger charge is -2.47. The SMILES string of the molecule is COCO[C@H](C)[C@]1(C)CC[C@H]([C@]2(C)CC[C@@H](C[C@H](O[Si](C)(C)C(C)(C)C)[C@H](C)[C@H](O[Si](C)(C)C(C)(C)C)[C@H](C)CO)O2)O1. The standard InChI is InChI=1S/C34H70O7Si2/c1-24(22-35)30(41-43(15,16)32(7,8)9)25(2)28(40-42(13,14)31(4,5)6)21-27-17-19-34(11,38-27)29-18-20-33(10,39-29)26(3)37-23-36-12/h24-30,35H,17-23H2,1-16H3/t24-,25+,26-,27+,28+,29-,30-,33+,34+/m1/s1. The quantitative estimate of drug-likeness (QED) is 0.142. The molecule has 0 bridgehead atoms. The van der Waals surface area contributed by atoms with Crippen LogP contribution in [0.4, 0.5) is 0 Å². The number of hydrogen-bond acceptors (Lipinski definition) is 7. The van der Waals surface area contributed by atoms with E-state index in [0.29, 0.717) is 0 Å². The highest BCUT2D eigenvalue weighted by Gasteiger charge is 2.53. The second-order valence-electron chi connectivity index (χ2n) is 17.3. The molecule has 0 saturated carbocycles. The van der Waals surface area contributed by atoms with E-state index in [9.17, 15) is 5.11 Å². The molecule has 0 aromatic heterocycles. The Hall–Kier alpha value is 0.154. The van der Waals surface area contributed by atoms with E-state index in [1.807, 2.05) is 0 Å². The van der Waals surface area contributed by atoms with Gasteiger partial charge in [0.15, 0.2) is 16.6 Å². The Morgan fingerprint density at radius 3 is 1.93 bits per heavy atom. The summed E-state index contributed by atoms with van der Waals surface area (Å²) in [5, 5.41) is 10.5. The summed E-state index contributed by atoms with van der Waals surface area (Å²) in [7, 11) is -2.54. The van der Waals surface area contributed by atoms with E-state index in [0.717, 1.165) is 32.1 Å². The maximum atomic E-state index is 10.3. The Labute approximate surface area is 267 Å². The summed E-state index contributed by atoms with van der Waals surface area (Å²) in [6, 6.07) is 0. The topological polar surface area (TPSA) is 75.6 Å². The summed E-state index contributed by atoms with van der Waals surface area (Å²) in [6.45, 7) is 34.3. The van der Waals surface area contributed by atoms with Crippen LogP contribution >= 0.6 is 0 Å². The van der Waals surface area contributed by atoms with Gasteiger partial charge in [0.1, 0.15) is 6.79 Å². The van der Waals surface area contributed by atoms with Crippen LogP contribution in [0.15, 0.2) is 0 Å². The van der Waals surface area contributed by atoms with Crippen LogP contribution in [-0.2, 0) is 27.8 Å². The van der Waals surface area contributed by atoms with Gasteiger partial charge in [0.25, 0.3) is 0 Å². The first-order valence-corrected chi connectivity index (χ1v) is 22.7. The Bertz CT molecular complexity index is 870. The molecule has 9 heteroatoms. The van der Waals surface area contributed by atoms with Crippen LogP contribution in [0.1, 0.15) is 108 Å². The smallest absolute Gasteiger partial charge is 0.192 e. The highest BCUT2D eigenvalue weighted by Crippen LogP contribution is 2.47. The third-order valence-corrected chi connectivity index (χ3v) is 20.6. The fraction of sp³-hybridized carbons (Fsp3) is 1.00. The van der Waals surface area contributed by atoms with Crippen molar-refractivity contribution in [2.45, 2.75) is 186 Å². The molecule has 43 heavy (non-hydrogen) atoms. The molecule has 0 radical (unpaired) electrons. The molecule has 0 unspecified atom stereocenters. The van der Waals surface area contributed by atoms with E-state index in [1.165, 1.54) is 0 Å². The molecule has 0 aliphatic carbocycles. The maximum absolute atomic E-state index is 10.3. The van der Waals surface area contributed by atoms with E-state index in [2.05, 4.69) is 102 Å². The first kappa shape index (κ1) is 39.3. The molecule has 2 rings (SSSR count). The number of hydrogen-bond donors (Lipinski definition) is 1. The zero-order valence-corrected chi connectivity index (χ0v) is 32.9. The third-order valence-electron chi connectivity index (χ3n) is 11.6. The number of aliphatic hydroxyl groups excluding tert-OH is 1. The van der Waals surface area contributed by atoms with Crippen molar-refractivity contribution in [2.75, 3.05) is 20.5 Å². The van der Waals surface area contributed by atoms with Crippen LogP contribution in [0.2, 0.25) is 36.3 Å². The third kappa shape index (κ3) is 9.60. The largest absolute Gasteiger partial charge is 0.413 e. The molecule has 256 valence electrons. The van der Waals surface area contributed by atoms with Crippen molar-refractivity contribution >= 4 is 16.6 Å². The predicted molar refractivity (Wildman–Crippen MR) is 182 cm³/mol. The van der Waals surface area contributed by atoms with Gasteiger partial charge in [0.2, 0.25) is 0 Å². The lowest BCUT2D eigenvalue weighted by molar-refractivity contribution is -0.194. The summed E-state index contributed by atoms with van der Waals surface area (Å²) in [5.41, 5.74) is -0.700. The van der Waals surface area contributed by atoms with Gasteiger partial charge >= 0.3 is 0 Å². The Kier molecular flexibility index (Phi) is 13.3. The lowest BCUT2D eigenvalue weighted by atomic mass is 9.87. The van der Waals surface area contributed by atoms with Crippen molar-refractivity contribution < 1.29 is 32.9 Å². The Morgan fingerprint density at radius 1 is 0.860 bits per heavy atom. The van der Waals surface area contributed by atoms with Crippen LogP contribution in [0.25, 0.3) is 0 Å². The van der Waals surface area contributed by atoms with Gasteiger partial charge in [-0.1, -0.05) is 55.4 Å². The molecule has 2 saturated heterocycles. The molecular weight excluding hydrogens is 577 g/mol. The normalized spacial score (nSPS) is 31.2. The molecule has 0 aromatic rings. The summed E-state index contributed by atoms with van der Waals surface area (Å²) < 4.78 is 39.0. The zero-order chi connectivity index (χ0) is 33.2. The van der Waals surface area contributed by atoms with Crippen LogP contribution in [0.5, 0.6) is 0 Å². The minimum absolute atomic E-state index is 0.0104. The van der Waals surface area contributed by atoms with Crippen molar-refractivity contribution in [1.29, 1.82) is 0 Å². The fourth-order valence-corrected chi connectivity index (χ4v) is 8.95.